The lowest BCUT2D eigenvalue weighted by atomic mass is 10.0. The van der Waals surface area contributed by atoms with Gasteiger partial charge < -0.3 is 20.5 Å². The quantitative estimate of drug-likeness (QED) is 0.701. The molecule has 0 spiro atoms. The summed E-state index contributed by atoms with van der Waals surface area (Å²) in [6.07, 6.45) is -0.344. The van der Waals surface area contributed by atoms with Gasteiger partial charge in [-0.05, 0) is 28.5 Å². The number of anilines is 1. The highest BCUT2D eigenvalue weighted by molar-refractivity contribution is 5.86. The number of ether oxygens (including phenoxy) is 2. The van der Waals surface area contributed by atoms with E-state index in [2.05, 4.69) is 23.5 Å². The molecule has 0 aliphatic carbocycles. The Morgan fingerprint density at radius 3 is 2.48 bits per heavy atom. The van der Waals surface area contributed by atoms with Crippen LogP contribution < -0.4 is 20.5 Å². The van der Waals surface area contributed by atoms with E-state index in [0.29, 0.717) is 5.75 Å². The number of hydrogen-bond acceptors (Lipinski definition) is 4. The van der Waals surface area contributed by atoms with Gasteiger partial charge in [0.2, 0.25) is 0 Å². The van der Waals surface area contributed by atoms with Crippen molar-refractivity contribution < 1.29 is 9.47 Å². The number of nitrogens with two attached hydrogens (primary N) is 1. The Morgan fingerprint density at radius 1 is 0.913 bits per heavy atom. The number of rotatable bonds is 5. The number of nitrogens with one attached hydrogen (secondary N) is 1. The second-order valence-electron chi connectivity index (χ2n) is 5.26. The maximum atomic E-state index is 6.39. The number of benzene rings is 3. The average molecular weight is 308 g/mol. The summed E-state index contributed by atoms with van der Waals surface area (Å²) in [6.45, 7) is 0. The minimum atomic E-state index is -0.344. The lowest BCUT2D eigenvalue weighted by Crippen LogP contribution is -2.20. The molecule has 0 saturated heterocycles. The number of hydrogen-bond donors (Lipinski definition) is 2. The highest BCUT2D eigenvalue weighted by Gasteiger charge is 2.12. The van der Waals surface area contributed by atoms with Crippen molar-refractivity contribution in [2.24, 2.45) is 5.73 Å². The van der Waals surface area contributed by atoms with Crippen molar-refractivity contribution in [3.63, 3.8) is 0 Å². The van der Waals surface area contributed by atoms with Gasteiger partial charge in [0.15, 0.2) is 0 Å². The van der Waals surface area contributed by atoms with E-state index in [4.69, 9.17) is 15.2 Å². The molecule has 4 heteroatoms. The van der Waals surface area contributed by atoms with Gasteiger partial charge in [-0.3, -0.25) is 0 Å². The average Bonchev–Trinajstić information content (AvgIpc) is 2.61. The third-order valence-corrected chi connectivity index (χ3v) is 3.88. The van der Waals surface area contributed by atoms with E-state index >= 15 is 0 Å². The highest BCUT2D eigenvalue weighted by atomic mass is 16.5. The van der Waals surface area contributed by atoms with Crippen LogP contribution in [0.1, 0.15) is 11.7 Å². The van der Waals surface area contributed by atoms with Crippen molar-refractivity contribution in [3.05, 3.63) is 66.2 Å². The molecule has 3 N–H and O–H groups in total. The maximum absolute atomic E-state index is 6.39. The molecule has 0 aliphatic rings. The van der Waals surface area contributed by atoms with E-state index in [9.17, 15) is 0 Å². The summed E-state index contributed by atoms with van der Waals surface area (Å²) in [5.74, 6) is 1.44. The Hall–Kier alpha value is -2.72. The smallest absolute Gasteiger partial charge is 0.145 e. The number of methoxy groups -OCH3 is 2. The van der Waals surface area contributed by atoms with Gasteiger partial charge in [0, 0.05) is 6.07 Å². The molecule has 0 aliphatic heterocycles. The third kappa shape index (κ3) is 3.07. The van der Waals surface area contributed by atoms with Crippen molar-refractivity contribution in [3.8, 4) is 11.5 Å². The largest absolute Gasteiger partial charge is 0.497 e. The fraction of sp³-hybridized carbons (Fsp3) is 0.158. The Balaban J connectivity index is 1.93. The predicted molar refractivity (Wildman–Crippen MR) is 94.0 cm³/mol. The van der Waals surface area contributed by atoms with Crippen LogP contribution in [0.4, 0.5) is 5.69 Å². The first-order chi connectivity index (χ1) is 11.2. The van der Waals surface area contributed by atoms with Crippen LogP contribution in [0.15, 0.2) is 60.7 Å². The van der Waals surface area contributed by atoms with Gasteiger partial charge in [-0.2, -0.15) is 0 Å². The van der Waals surface area contributed by atoms with Crippen molar-refractivity contribution >= 4 is 16.5 Å². The van der Waals surface area contributed by atoms with Crippen LogP contribution in [-0.4, -0.2) is 14.2 Å². The van der Waals surface area contributed by atoms with Crippen LogP contribution in [0.25, 0.3) is 10.8 Å². The van der Waals surface area contributed by atoms with Gasteiger partial charge in [0.1, 0.15) is 17.7 Å². The zero-order valence-corrected chi connectivity index (χ0v) is 13.2. The third-order valence-electron chi connectivity index (χ3n) is 3.88. The topological polar surface area (TPSA) is 56.5 Å². The first-order valence-electron chi connectivity index (χ1n) is 7.44. The van der Waals surface area contributed by atoms with Crippen LogP contribution in [-0.2, 0) is 0 Å². The molecular formula is C19H20N2O2. The van der Waals surface area contributed by atoms with E-state index in [1.54, 1.807) is 14.2 Å². The first kappa shape index (κ1) is 15.2. The lowest BCUT2D eigenvalue weighted by Gasteiger charge is -2.19. The van der Waals surface area contributed by atoms with Crippen LogP contribution in [0.3, 0.4) is 0 Å². The van der Waals surface area contributed by atoms with Crippen molar-refractivity contribution in [2.45, 2.75) is 6.17 Å². The lowest BCUT2D eigenvalue weighted by molar-refractivity contribution is 0.395. The molecule has 0 saturated carbocycles. The second kappa shape index (κ2) is 6.58. The maximum Gasteiger partial charge on any atom is 0.145 e. The molecule has 23 heavy (non-hydrogen) atoms. The van der Waals surface area contributed by atoms with Gasteiger partial charge in [-0.1, -0.05) is 42.5 Å². The number of fused-ring (bicyclic) bond motifs is 1. The summed E-state index contributed by atoms with van der Waals surface area (Å²) in [5.41, 5.74) is 8.26. The molecule has 1 unspecified atom stereocenters. The van der Waals surface area contributed by atoms with Crippen LogP contribution in [0.5, 0.6) is 11.5 Å². The fourth-order valence-corrected chi connectivity index (χ4v) is 2.68. The minimum Gasteiger partial charge on any atom is -0.497 e. The van der Waals surface area contributed by atoms with Crippen LogP contribution in [0.2, 0.25) is 0 Å². The summed E-state index contributed by atoms with van der Waals surface area (Å²) >= 11 is 0. The molecule has 0 heterocycles. The van der Waals surface area contributed by atoms with Crippen LogP contribution >= 0.6 is 0 Å². The van der Waals surface area contributed by atoms with Crippen molar-refractivity contribution in [1.29, 1.82) is 0 Å². The van der Waals surface area contributed by atoms with Gasteiger partial charge in [-0.25, -0.2) is 0 Å². The molecular weight excluding hydrogens is 288 g/mol. The monoisotopic (exact) mass is 308 g/mol. The van der Waals surface area contributed by atoms with Crippen molar-refractivity contribution in [2.75, 3.05) is 19.5 Å². The first-order valence-corrected chi connectivity index (χ1v) is 7.44. The summed E-state index contributed by atoms with van der Waals surface area (Å²) in [5, 5.41) is 5.63. The molecule has 3 rings (SSSR count). The van der Waals surface area contributed by atoms with E-state index < -0.39 is 0 Å². The molecule has 4 nitrogen and oxygen atoms in total. The molecule has 3 aromatic carbocycles. The molecule has 0 fully saturated rings. The zero-order chi connectivity index (χ0) is 16.2. The minimum absolute atomic E-state index is 0.344. The van der Waals surface area contributed by atoms with Crippen LogP contribution in [0, 0.1) is 0 Å². The Bertz CT molecular complexity index is 812. The molecule has 3 aromatic rings. The summed E-state index contributed by atoms with van der Waals surface area (Å²) < 4.78 is 10.6. The standard InChI is InChI=1S/C19H20N2O2/c1-22-14-10-11-17(18(12-14)23-2)21-19(20)16-9-5-7-13-6-3-4-8-15(13)16/h3-12,19,21H,20H2,1-2H3. The van der Waals surface area contributed by atoms with Gasteiger partial charge >= 0.3 is 0 Å². The van der Waals surface area contributed by atoms with E-state index in [-0.39, 0.29) is 6.17 Å². The van der Waals surface area contributed by atoms with Gasteiger partial charge in [0.05, 0.1) is 19.9 Å². The zero-order valence-electron chi connectivity index (χ0n) is 13.2. The van der Waals surface area contributed by atoms with E-state index in [0.717, 1.165) is 22.4 Å². The summed E-state index contributed by atoms with van der Waals surface area (Å²) in [7, 11) is 3.26. The molecule has 0 aromatic heterocycles. The fourth-order valence-electron chi connectivity index (χ4n) is 2.68. The molecule has 1 atom stereocenters. The van der Waals surface area contributed by atoms with E-state index in [1.165, 1.54) is 5.39 Å². The highest BCUT2D eigenvalue weighted by Crippen LogP contribution is 2.32. The summed E-state index contributed by atoms with van der Waals surface area (Å²) in [4.78, 5) is 0. The predicted octanol–water partition coefficient (Wildman–Crippen LogP) is 3.93. The molecule has 0 amide bonds. The Kier molecular flexibility index (Phi) is 4.35. The summed E-state index contributed by atoms with van der Waals surface area (Å²) in [6, 6.07) is 20.0. The second-order valence-corrected chi connectivity index (χ2v) is 5.26. The molecule has 118 valence electrons. The van der Waals surface area contributed by atoms with Crippen molar-refractivity contribution in [1.82, 2.24) is 0 Å². The Labute approximate surface area is 135 Å². The normalized spacial score (nSPS) is 12.0. The molecule has 0 bridgehead atoms. The SMILES string of the molecule is COc1ccc(NC(N)c2cccc3ccccc23)c(OC)c1. The molecule has 0 radical (unpaired) electrons. The van der Waals surface area contributed by atoms with Gasteiger partial charge in [0.25, 0.3) is 0 Å². The Morgan fingerprint density at radius 2 is 1.70 bits per heavy atom. The van der Waals surface area contributed by atoms with E-state index in [1.807, 2.05) is 42.5 Å². The van der Waals surface area contributed by atoms with Gasteiger partial charge in [-0.15, -0.1) is 0 Å².